The lowest BCUT2D eigenvalue weighted by atomic mass is 9.78. The number of likely N-dealkylation sites (tertiary alicyclic amines) is 1. The van der Waals surface area contributed by atoms with E-state index in [1.165, 1.54) is 6.20 Å². The van der Waals surface area contributed by atoms with E-state index in [4.69, 9.17) is 5.73 Å². The number of nitrogens with zero attached hydrogens (tertiary/aromatic N) is 4. The molecule has 2 fully saturated rings. The minimum absolute atomic E-state index is 0.0412. The molecule has 0 atom stereocenters. The number of imidazole rings is 1. The minimum atomic E-state index is -0.399. The molecule has 4 heterocycles. The third-order valence-corrected chi connectivity index (χ3v) is 6.36. The van der Waals surface area contributed by atoms with E-state index in [1.807, 2.05) is 4.90 Å². The van der Waals surface area contributed by atoms with Crippen molar-refractivity contribution >= 4 is 17.6 Å². The zero-order chi connectivity index (χ0) is 19.3. The molecule has 3 aliphatic rings. The van der Waals surface area contributed by atoms with Crippen LogP contribution in [0, 0.1) is 5.92 Å². The third kappa shape index (κ3) is 2.66. The first-order valence-corrected chi connectivity index (χ1v) is 9.93. The molecular formula is C20H24N6O2. The fourth-order valence-corrected chi connectivity index (χ4v) is 4.65. The van der Waals surface area contributed by atoms with Gasteiger partial charge in [0.05, 0.1) is 23.1 Å². The number of rotatable bonds is 2. The van der Waals surface area contributed by atoms with E-state index in [0.717, 1.165) is 37.2 Å². The molecule has 0 bridgehead atoms. The summed E-state index contributed by atoms with van der Waals surface area (Å²) >= 11 is 0. The molecule has 1 aliphatic carbocycles. The number of carbonyl (C=O) groups is 2. The van der Waals surface area contributed by atoms with Crippen LogP contribution in [0.3, 0.4) is 0 Å². The Morgan fingerprint density at radius 3 is 2.61 bits per heavy atom. The van der Waals surface area contributed by atoms with Crippen LogP contribution in [-0.4, -0.2) is 56.2 Å². The number of nitrogens with two attached hydrogens (primary N) is 1. The SMILES string of the molecule is Nc1ccc(C(=O)N2CCC3(CC2)c2nc[nH]c2CCN3C(=O)C2CC2)cn1. The summed E-state index contributed by atoms with van der Waals surface area (Å²) in [4.78, 5) is 41.7. The molecule has 2 aromatic heterocycles. The monoisotopic (exact) mass is 380 g/mol. The first-order chi connectivity index (χ1) is 13.6. The normalized spacial score (nSPS) is 20.9. The average Bonchev–Trinajstić information content (AvgIpc) is 3.45. The highest BCUT2D eigenvalue weighted by molar-refractivity contribution is 5.94. The summed E-state index contributed by atoms with van der Waals surface area (Å²) in [6.45, 7) is 1.90. The molecule has 0 unspecified atom stereocenters. The standard InChI is InChI=1S/C20H24N6O2/c21-16-4-3-14(11-22-16)18(27)25-9-6-20(7-10-25)17-15(23-12-24-17)5-8-26(20)19(28)13-1-2-13/h3-4,11-13H,1-2,5-10H2,(H2,21,22)(H,23,24). The summed E-state index contributed by atoms with van der Waals surface area (Å²) in [7, 11) is 0. The maximum Gasteiger partial charge on any atom is 0.255 e. The molecule has 8 nitrogen and oxygen atoms in total. The van der Waals surface area contributed by atoms with Gasteiger partial charge in [0, 0.05) is 43.9 Å². The number of piperidine rings is 1. The Balaban J connectivity index is 1.40. The molecule has 5 rings (SSSR count). The Morgan fingerprint density at radius 1 is 1.14 bits per heavy atom. The van der Waals surface area contributed by atoms with E-state index < -0.39 is 5.54 Å². The minimum Gasteiger partial charge on any atom is -0.384 e. The van der Waals surface area contributed by atoms with Crippen LogP contribution in [0.2, 0.25) is 0 Å². The van der Waals surface area contributed by atoms with Crippen LogP contribution in [0.15, 0.2) is 24.7 Å². The number of fused-ring (bicyclic) bond motifs is 2. The molecule has 0 radical (unpaired) electrons. The van der Waals surface area contributed by atoms with Crippen LogP contribution in [0.25, 0.3) is 0 Å². The van der Waals surface area contributed by atoms with E-state index in [2.05, 4.69) is 19.9 Å². The van der Waals surface area contributed by atoms with Gasteiger partial charge in [0.2, 0.25) is 5.91 Å². The number of amides is 2. The number of aromatic amines is 1. The fourth-order valence-electron chi connectivity index (χ4n) is 4.65. The van der Waals surface area contributed by atoms with E-state index in [9.17, 15) is 9.59 Å². The van der Waals surface area contributed by atoms with Crippen molar-refractivity contribution in [3.63, 3.8) is 0 Å². The van der Waals surface area contributed by atoms with E-state index in [-0.39, 0.29) is 17.7 Å². The molecule has 8 heteroatoms. The lowest BCUT2D eigenvalue weighted by Crippen LogP contribution is -2.59. The predicted octanol–water partition coefficient (Wildman–Crippen LogP) is 1.31. The van der Waals surface area contributed by atoms with Gasteiger partial charge >= 0.3 is 0 Å². The van der Waals surface area contributed by atoms with Crippen molar-refractivity contribution in [2.45, 2.75) is 37.6 Å². The summed E-state index contributed by atoms with van der Waals surface area (Å²) in [5.41, 5.74) is 7.89. The smallest absolute Gasteiger partial charge is 0.255 e. The number of anilines is 1. The average molecular weight is 380 g/mol. The first-order valence-electron chi connectivity index (χ1n) is 9.93. The van der Waals surface area contributed by atoms with Crippen LogP contribution in [0.4, 0.5) is 5.82 Å². The van der Waals surface area contributed by atoms with Gasteiger partial charge in [-0.25, -0.2) is 9.97 Å². The fraction of sp³-hybridized carbons (Fsp3) is 0.500. The van der Waals surface area contributed by atoms with Gasteiger partial charge in [-0.05, 0) is 37.8 Å². The van der Waals surface area contributed by atoms with Crippen molar-refractivity contribution in [3.8, 4) is 0 Å². The summed E-state index contributed by atoms with van der Waals surface area (Å²) in [6, 6.07) is 3.36. The number of H-pyrrole nitrogens is 1. The lowest BCUT2D eigenvalue weighted by molar-refractivity contribution is -0.143. The van der Waals surface area contributed by atoms with Gasteiger partial charge in [0.15, 0.2) is 0 Å². The second-order valence-electron chi connectivity index (χ2n) is 8.04. The Bertz CT molecular complexity index is 909. The maximum atomic E-state index is 13.0. The molecule has 1 saturated carbocycles. The van der Waals surface area contributed by atoms with Gasteiger partial charge < -0.3 is 20.5 Å². The topological polar surface area (TPSA) is 108 Å². The number of nitrogen functional groups attached to an aromatic ring is 1. The molecule has 28 heavy (non-hydrogen) atoms. The van der Waals surface area contributed by atoms with Crippen molar-refractivity contribution in [2.75, 3.05) is 25.4 Å². The third-order valence-electron chi connectivity index (χ3n) is 6.36. The maximum absolute atomic E-state index is 13.0. The number of hydrogen-bond acceptors (Lipinski definition) is 5. The lowest BCUT2D eigenvalue weighted by Gasteiger charge is -2.50. The second kappa shape index (κ2) is 6.32. The van der Waals surface area contributed by atoms with Crippen molar-refractivity contribution in [3.05, 3.63) is 41.6 Å². The highest BCUT2D eigenvalue weighted by Gasteiger charge is 2.51. The number of nitrogens with one attached hydrogen (secondary N) is 1. The highest BCUT2D eigenvalue weighted by Crippen LogP contribution is 2.45. The number of hydrogen-bond donors (Lipinski definition) is 2. The predicted molar refractivity (Wildman–Crippen MR) is 102 cm³/mol. The van der Waals surface area contributed by atoms with Crippen LogP contribution in [0.1, 0.15) is 47.4 Å². The molecule has 3 N–H and O–H groups in total. The second-order valence-corrected chi connectivity index (χ2v) is 8.04. The Hall–Kier alpha value is -2.90. The largest absolute Gasteiger partial charge is 0.384 e. The number of carbonyl (C=O) groups excluding carboxylic acids is 2. The van der Waals surface area contributed by atoms with Gasteiger partial charge in [-0.3, -0.25) is 9.59 Å². The van der Waals surface area contributed by atoms with Crippen LogP contribution in [0.5, 0.6) is 0 Å². The molecule has 2 aromatic rings. The molecule has 2 amide bonds. The molecule has 146 valence electrons. The molecule has 1 saturated heterocycles. The molecule has 2 aliphatic heterocycles. The number of pyridine rings is 1. The van der Waals surface area contributed by atoms with Crippen LogP contribution < -0.4 is 5.73 Å². The number of aromatic nitrogens is 3. The molecular weight excluding hydrogens is 356 g/mol. The Morgan fingerprint density at radius 2 is 1.93 bits per heavy atom. The van der Waals surface area contributed by atoms with Crippen LogP contribution in [-0.2, 0) is 16.8 Å². The zero-order valence-corrected chi connectivity index (χ0v) is 15.7. The molecule has 1 spiro atoms. The highest BCUT2D eigenvalue weighted by atomic mass is 16.2. The van der Waals surface area contributed by atoms with Crippen molar-refractivity contribution in [1.82, 2.24) is 24.8 Å². The van der Waals surface area contributed by atoms with Crippen molar-refractivity contribution in [1.29, 1.82) is 0 Å². The van der Waals surface area contributed by atoms with E-state index in [0.29, 0.717) is 37.3 Å². The summed E-state index contributed by atoms with van der Waals surface area (Å²) in [5.74, 6) is 0.797. The molecule has 0 aromatic carbocycles. The van der Waals surface area contributed by atoms with Crippen LogP contribution >= 0.6 is 0 Å². The van der Waals surface area contributed by atoms with Crippen molar-refractivity contribution < 1.29 is 9.59 Å². The van der Waals surface area contributed by atoms with Gasteiger partial charge in [-0.1, -0.05) is 0 Å². The summed E-state index contributed by atoms with van der Waals surface area (Å²) in [5, 5.41) is 0. The van der Waals surface area contributed by atoms with Crippen molar-refractivity contribution in [2.24, 2.45) is 5.92 Å². The van der Waals surface area contributed by atoms with Gasteiger partial charge in [-0.15, -0.1) is 0 Å². The quantitative estimate of drug-likeness (QED) is 0.817. The van der Waals surface area contributed by atoms with Gasteiger partial charge in [0.1, 0.15) is 5.82 Å². The first kappa shape index (κ1) is 17.2. The van der Waals surface area contributed by atoms with E-state index >= 15 is 0 Å². The van der Waals surface area contributed by atoms with Gasteiger partial charge in [0.25, 0.3) is 5.91 Å². The summed E-state index contributed by atoms with van der Waals surface area (Å²) < 4.78 is 0. The zero-order valence-electron chi connectivity index (χ0n) is 15.7. The van der Waals surface area contributed by atoms with E-state index in [1.54, 1.807) is 18.5 Å². The van der Waals surface area contributed by atoms with Gasteiger partial charge in [-0.2, -0.15) is 0 Å². The summed E-state index contributed by atoms with van der Waals surface area (Å²) in [6.07, 6.45) is 7.47. The Kier molecular flexibility index (Phi) is 3.89. The Labute approximate surface area is 163 Å².